The van der Waals surface area contributed by atoms with E-state index in [1.807, 2.05) is 13.0 Å². The summed E-state index contributed by atoms with van der Waals surface area (Å²) in [4.78, 5) is 2.68. The summed E-state index contributed by atoms with van der Waals surface area (Å²) >= 11 is 0. The highest BCUT2D eigenvalue weighted by Crippen LogP contribution is 2.36. The van der Waals surface area contributed by atoms with Crippen LogP contribution >= 0.6 is 0 Å². The number of hydrogen-bond acceptors (Lipinski definition) is 4. The minimum atomic E-state index is -3.55. The second-order valence-electron chi connectivity index (χ2n) is 6.74. The van der Waals surface area contributed by atoms with E-state index < -0.39 is 10.0 Å². The first-order chi connectivity index (χ1) is 12.6. The topological polar surface area (TPSA) is 49.9 Å². The van der Waals surface area contributed by atoms with Crippen molar-refractivity contribution in [1.29, 1.82) is 0 Å². The Labute approximate surface area is 155 Å². The Morgan fingerprint density at radius 1 is 1.00 bits per heavy atom. The lowest BCUT2D eigenvalue weighted by atomic mass is 10.1. The van der Waals surface area contributed by atoms with Gasteiger partial charge in [-0.05, 0) is 74.2 Å². The molecule has 0 unspecified atom stereocenters. The van der Waals surface area contributed by atoms with Crippen molar-refractivity contribution in [2.24, 2.45) is 0 Å². The molecule has 0 bridgehead atoms. The van der Waals surface area contributed by atoms with Gasteiger partial charge in [-0.15, -0.1) is 0 Å². The summed E-state index contributed by atoms with van der Waals surface area (Å²) in [7, 11) is -3.55. The van der Waals surface area contributed by atoms with E-state index in [1.165, 1.54) is 22.8 Å². The van der Waals surface area contributed by atoms with Gasteiger partial charge in [0.15, 0.2) is 0 Å². The van der Waals surface area contributed by atoms with Crippen LogP contribution in [0.5, 0.6) is 5.75 Å². The summed E-state index contributed by atoms with van der Waals surface area (Å²) in [6.07, 6.45) is 3.22. The molecule has 0 atom stereocenters. The van der Waals surface area contributed by atoms with Gasteiger partial charge in [-0.1, -0.05) is 0 Å². The summed E-state index contributed by atoms with van der Waals surface area (Å²) in [5, 5.41) is 0. The van der Waals surface area contributed by atoms with Crippen molar-refractivity contribution in [1.82, 2.24) is 0 Å². The fraction of sp³-hybridized carbons (Fsp3) is 0.400. The normalized spacial score (nSPS) is 16.8. The number of hydrogen-bond donors (Lipinski definition) is 0. The fourth-order valence-corrected chi connectivity index (χ4v) is 5.28. The van der Waals surface area contributed by atoms with Gasteiger partial charge in [-0.2, -0.15) is 0 Å². The van der Waals surface area contributed by atoms with Crippen LogP contribution in [-0.2, 0) is 16.4 Å². The SMILES string of the molecule is CCOc1ccc(S(=O)(=O)N2CCc3cc(N4CCCC4)ccc32)cc1. The van der Waals surface area contributed by atoms with E-state index in [4.69, 9.17) is 4.74 Å². The Hall–Kier alpha value is -2.21. The van der Waals surface area contributed by atoms with Crippen molar-refractivity contribution < 1.29 is 13.2 Å². The molecule has 6 heteroatoms. The molecular weight excluding hydrogens is 348 g/mol. The number of anilines is 2. The maximum atomic E-state index is 13.1. The molecule has 0 aliphatic carbocycles. The van der Waals surface area contributed by atoms with Crippen molar-refractivity contribution in [3.8, 4) is 5.75 Å². The van der Waals surface area contributed by atoms with Gasteiger partial charge in [0, 0.05) is 25.3 Å². The van der Waals surface area contributed by atoms with E-state index >= 15 is 0 Å². The van der Waals surface area contributed by atoms with E-state index in [-0.39, 0.29) is 0 Å². The third kappa shape index (κ3) is 3.03. The average molecular weight is 372 g/mol. The zero-order valence-electron chi connectivity index (χ0n) is 15.0. The number of benzene rings is 2. The van der Waals surface area contributed by atoms with Gasteiger partial charge in [-0.3, -0.25) is 4.31 Å². The van der Waals surface area contributed by atoms with Crippen LogP contribution < -0.4 is 13.9 Å². The van der Waals surface area contributed by atoms with Gasteiger partial charge in [0.1, 0.15) is 5.75 Å². The largest absolute Gasteiger partial charge is 0.494 e. The Kier molecular flexibility index (Phi) is 4.53. The second kappa shape index (κ2) is 6.83. The lowest BCUT2D eigenvalue weighted by Crippen LogP contribution is -2.29. The lowest BCUT2D eigenvalue weighted by molar-refractivity contribution is 0.340. The zero-order valence-corrected chi connectivity index (χ0v) is 15.8. The van der Waals surface area contributed by atoms with E-state index in [1.54, 1.807) is 24.3 Å². The molecule has 26 heavy (non-hydrogen) atoms. The molecule has 0 N–H and O–H groups in total. The molecule has 5 nitrogen and oxygen atoms in total. The number of ether oxygens (including phenoxy) is 1. The smallest absolute Gasteiger partial charge is 0.264 e. The standard InChI is InChI=1S/C20H24N2O3S/c1-2-25-18-6-8-19(9-7-18)26(23,24)22-14-11-16-15-17(5-10-20(16)22)21-12-3-4-13-21/h5-10,15H,2-4,11-14H2,1H3. The van der Waals surface area contributed by atoms with Crippen LogP contribution in [0.4, 0.5) is 11.4 Å². The minimum Gasteiger partial charge on any atom is -0.494 e. The van der Waals surface area contributed by atoms with Crippen molar-refractivity contribution in [3.05, 3.63) is 48.0 Å². The van der Waals surface area contributed by atoms with Gasteiger partial charge in [-0.25, -0.2) is 8.42 Å². The molecule has 2 aromatic carbocycles. The van der Waals surface area contributed by atoms with Crippen molar-refractivity contribution in [3.63, 3.8) is 0 Å². The van der Waals surface area contributed by atoms with E-state index in [0.717, 1.165) is 30.8 Å². The van der Waals surface area contributed by atoms with Crippen LogP contribution in [0.3, 0.4) is 0 Å². The summed E-state index contributed by atoms with van der Waals surface area (Å²) in [5.41, 5.74) is 3.13. The summed E-state index contributed by atoms with van der Waals surface area (Å²) in [6, 6.07) is 12.8. The molecule has 2 aliphatic heterocycles. The number of fused-ring (bicyclic) bond motifs is 1. The van der Waals surface area contributed by atoms with Crippen LogP contribution in [0.2, 0.25) is 0 Å². The predicted octanol–water partition coefficient (Wildman–Crippen LogP) is 3.44. The first-order valence-electron chi connectivity index (χ1n) is 9.23. The summed E-state index contributed by atoms with van der Waals surface area (Å²) in [5.74, 6) is 0.684. The van der Waals surface area contributed by atoms with Crippen LogP contribution in [0.15, 0.2) is 47.4 Å². The van der Waals surface area contributed by atoms with E-state index in [2.05, 4.69) is 17.0 Å². The molecule has 138 valence electrons. The predicted molar refractivity (Wildman–Crippen MR) is 104 cm³/mol. The van der Waals surface area contributed by atoms with Crippen molar-refractivity contribution >= 4 is 21.4 Å². The third-order valence-corrected chi connectivity index (χ3v) is 6.94. The van der Waals surface area contributed by atoms with Crippen LogP contribution in [0.1, 0.15) is 25.3 Å². The fourth-order valence-electron chi connectivity index (χ4n) is 3.78. The quantitative estimate of drug-likeness (QED) is 0.807. The molecular formula is C20H24N2O3S. The van der Waals surface area contributed by atoms with Gasteiger partial charge in [0.05, 0.1) is 17.2 Å². The van der Waals surface area contributed by atoms with Crippen molar-refractivity contribution in [2.75, 3.05) is 35.4 Å². The maximum absolute atomic E-state index is 13.1. The number of nitrogens with zero attached hydrogens (tertiary/aromatic N) is 2. The Balaban J connectivity index is 1.61. The molecule has 0 amide bonds. The molecule has 2 aliphatic rings. The molecule has 0 aromatic heterocycles. The number of rotatable bonds is 5. The molecule has 0 spiro atoms. The maximum Gasteiger partial charge on any atom is 0.264 e. The average Bonchev–Trinajstić information content (AvgIpc) is 3.32. The van der Waals surface area contributed by atoms with Gasteiger partial charge in [0.25, 0.3) is 10.0 Å². The Morgan fingerprint density at radius 3 is 2.42 bits per heavy atom. The first kappa shape index (κ1) is 17.2. The minimum absolute atomic E-state index is 0.303. The molecule has 0 saturated carbocycles. The van der Waals surface area contributed by atoms with E-state index in [9.17, 15) is 8.42 Å². The molecule has 2 aromatic rings. The number of sulfonamides is 1. The van der Waals surface area contributed by atoms with Gasteiger partial charge in [0.2, 0.25) is 0 Å². The highest BCUT2D eigenvalue weighted by Gasteiger charge is 2.31. The Bertz CT molecular complexity index is 888. The third-order valence-electron chi connectivity index (χ3n) is 5.11. The first-order valence-corrected chi connectivity index (χ1v) is 10.7. The molecule has 1 fully saturated rings. The molecule has 2 heterocycles. The van der Waals surface area contributed by atoms with Crippen molar-refractivity contribution in [2.45, 2.75) is 31.1 Å². The molecule has 0 radical (unpaired) electrons. The summed E-state index contributed by atoms with van der Waals surface area (Å²) in [6.45, 7) is 5.14. The molecule has 1 saturated heterocycles. The molecule has 4 rings (SSSR count). The van der Waals surface area contributed by atoms with Gasteiger partial charge < -0.3 is 9.64 Å². The zero-order chi connectivity index (χ0) is 18.1. The highest BCUT2D eigenvalue weighted by molar-refractivity contribution is 7.92. The van der Waals surface area contributed by atoms with Crippen LogP contribution in [0.25, 0.3) is 0 Å². The second-order valence-corrected chi connectivity index (χ2v) is 8.60. The Morgan fingerprint density at radius 2 is 1.73 bits per heavy atom. The van der Waals surface area contributed by atoms with Crippen LogP contribution in [-0.4, -0.2) is 34.7 Å². The van der Waals surface area contributed by atoms with E-state index in [0.29, 0.717) is 23.8 Å². The summed E-state index contributed by atoms with van der Waals surface area (Å²) < 4.78 is 33.1. The lowest BCUT2D eigenvalue weighted by Gasteiger charge is -2.22. The highest BCUT2D eigenvalue weighted by atomic mass is 32.2. The van der Waals surface area contributed by atoms with Gasteiger partial charge >= 0.3 is 0 Å². The monoisotopic (exact) mass is 372 g/mol. The van der Waals surface area contributed by atoms with Crippen LogP contribution in [0, 0.1) is 0 Å².